The van der Waals surface area contributed by atoms with E-state index in [0.29, 0.717) is 38.1 Å². The van der Waals surface area contributed by atoms with E-state index in [4.69, 9.17) is 14.7 Å². The Morgan fingerprint density at radius 3 is 2.30 bits per heavy atom. The minimum Gasteiger partial charge on any atom is -0.465 e. The first kappa shape index (κ1) is 23.8. The van der Waals surface area contributed by atoms with Crippen LogP contribution in [0.5, 0.6) is 0 Å². The van der Waals surface area contributed by atoms with Crippen molar-refractivity contribution in [1.82, 2.24) is 4.90 Å². The molecule has 0 atom stereocenters. The fraction of sp³-hybridized carbons (Fsp3) is 0.556. The van der Waals surface area contributed by atoms with Crippen molar-refractivity contribution in [1.29, 1.82) is 0 Å². The summed E-state index contributed by atoms with van der Waals surface area (Å²) >= 11 is 0. The molecule has 1 N–H and O–H groups in total. The third-order valence-electron chi connectivity index (χ3n) is 4.41. The fourth-order valence-electron chi connectivity index (χ4n) is 2.91. The minimum absolute atomic E-state index is 0.00381. The van der Waals surface area contributed by atoms with Gasteiger partial charge in [-0.05, 0) is 30.5 Å². The maximum atomic E-state index is 12.9. The Bertz CT molecular complexity index is 743. The summed E-state index contributed by atoms with van der Waals surface area (Å²) in [6.07, 6.45) is -9.18. The molecule has 168 valence electrons. The molecule has 0 aliphatic carbocycles. The number of amides is 1. The molecule has 1 aromatic rings. The fourth-order valence-corrected chi connectivity index (χ4v) is 2.91. The Balaban J connectivity index is 1.75. The van der Waals surface area contributed by atoms with Crippen molar-refractivity contribution in [3.05, 3.63) is 34.9 Å². The summed E-state index contributed by atoms with van der Waals surface area (Å²) in [5.74, 6) is 0. The predicted molar refractivity (Wildman–Crippen MR) is 93.2 cm³/mol. The SMILES string of the molecule is O=C(O)N1CCC(OCCON=CCc2ccc(C(F)(F)F)c(C(F)(F)F)c2)CC1. The van der Waals surface area contributed by atoms with Crippen molar-refractivity contribution in [2.45, 2.75) is 37.7 Å². The van der Waals surface area contributed by atoms with Crippen LogP contribution in [-0.4, -0.2) is 54.7 Å². The molecular formula is C18H20F6N2O4. The Kier molecular flexibility index (Phi) is 7.93. The van der Waals surface area contributed by atoms with Gasteiger partial charge < -0.3 is 19.6 Å². The second-order valence-corrected chi connectivity index (χ2v) is 6.54. The van der Waals surface area contributed by atoms with Gasteiger partial charge in [-0.25, -0.2) is 4.79 Å². The summed E-state index contributed by atoms with van der Waals surface area (Å²) in [6, 6.07) is 1.80. The van der Waals surface area contributed by atoms with Gasteiger partial charge in [-0.15, -0.1) is 0 Å². The number of carboxylic acid groups (broad SMARTS) is 1. The number of piperidine rings is 1. The zero-order valence-electron chi connectivity index (χ0n) is 15.7. The van der Waals surface area contributed by atoms with E-state index in [-0.39, 0.29) is 31.3 Å². The first-order chi connectivity index (χ1) is 14.0. The number of likely N-dealkylation sites (tertiary alicyclic amines) is 1. The van der Waals surface area contributed by atoms with Crippen molar-refractivity contribution < 1.29 is 45.8 Å². The number of hydrogen-bond donors (Lipinski definition) is 1. The van der Waals surface area contributed by atoms with Crippen LogP contribution in [0.3, 0.4) is 0 Å². The van der Waals surface area contributed by atoms with Gasteiger partial charge in [0, 0.05) is 25.7 Å². The molecule has 1 aromatic carbocycles. The Hall–Kier alpha value is -2.50. The van der Waals surface area contributed by atoms with E-state index in [9.17, 15) is 31.1 Å². The molecule has 0 bridgehead atoms. The number of ether oxygens (including phenoxy) is 1. The van der Waals surface area contributed by atoms with E-state index < -0.39 is 29.6 Å². The molecule has 6 nitrogen and oxygen atoms in total. The van der Waals surface area contributed by atoms with E-state index in [2.05, 4.69) is 5.16 Å². The summed E-state index contributed by atoms with van der Waals surface area (Å²) in [7, 11) is 0. The van der Waals surface area contributed by atoms with Crippen LogP contribution < -0.4 is 0 Å². The van der Waals surface area contributed by atoms with Gasteiger partial charge in [0.1, 0.15) is 6.61 Å². The normalized spacial score (nSPS) is 16.3. The molecule has 0 unspecified atom stereocenters. The molecule has 2 rings (SSSR count). The summed E-state index contributed by atoms with van der Waals surface area (Å²) < 4.78 is 82.4. The monoisotopic (exact) mass is 442 g/mol. The molecule has 1 aliphatic rings. The van der Waals surface area contributed by atoms with Crippen LogP contribution in [0.1, 0.15) is 29.5 Å². The van der Waals surface area contributed by atoms with E-state index in [1.807, 2.05) is 0 Å². The number of alkyl halides is 6. The van der Waals surface area contributed by atoms with Crippen LogP contribution in [0.25, 0.3) is 0 Å². The van der Waals surface area contributed by atoms with Gasteiger partial charge in [-0.1, -0.05) is 11.2 Å². The van der Waals surface area contributed by atoms with Crippen LogP contribution in [0.4, 0.5) is 31.1 Å². The van der Waals surface area contributed by atoms with Gasteiger partial charge in [0.25, 0.3) is 0 Å². The topological polar surface area (TPSA) is 71.4 Å². The molecule has 1 amide bonds. The van der Waals surface area contributed by atoms with Gasteiger partial charge in [-0.2, -0.15) is 26.3 Å². The molecule has 0 saturated carbocycles. The molecule has 1 saturated heterocycles. The lowest BCUT2D eigenvalue weighted by Gasteiger charge is -2.29. The molecule has 0 spiro atoms. The van der Waals surface area contributed by atoms with E-state index in [1.54, 1.807) is 0 Å². The molecule has 1 aliphatic heterocycles. The zero-order chi connectivity index (χ0) is 22.4. The predicted octanol–water partition coefficient (Wildman–Crippen LogP) is 4.43. The first-order valence-electron chi connectivity index (χ1n) is 8.99. The van der Waals surface area contributed by atoms with Crippen molar-refractivity contribution in [2.75, 3.05) is 26.3 Å². The van der Waals surface area contributed by atoms with Gasteiger partial charge in [0.15, 0.2) is 0 Å². The van der Waals surface area contributed by atoms with Crippen LogP contribution >= 0.6 is 0 Å². The Morgan fingerprint density at radius 2 is 1.73 bits per heavy atom. The number of nitrogens with zero attached hydrogens (tertiary/aromatic N) is 2. The maximum Gasteiger partial charge on any atom is 0.417 e. The lowest BCUT2D eigenvalue weighted by molar-refractivity contribution is -0.162. The average molecular weight is 442 g/mol. The molecule has 1 fully saturated rings. The van der Waals surface area contributed by atoms with Crippen molar-refractivity contribution in [3.8, 4) is 0 Å². The van der Waals surface area contributed by atoms with Gasteiger partial charge in [0.2, 0.25) is 0 Å². The Morgan fingerprint density at radius 1 is 1.10 bits per heavy atom. The minimum atomic E-state index is -5.13. The molecule has 0 aromatic heterocycles. The van der Waals surface area contributed by atoms with Crippen LogP contribution in [0.2, 0.25) is 0 Å². The van der Waals surface area contributed by atoms with E-state index in [1.165, 1.54) is 4.90 Å². The molecule has 30 heavy (non-hydrogen) atoms. The van der Waals surface area contributed by atoms with E-state index >= 15 is 0 Å². The number of carbonyl (C=O) groups is 1. The molecule has 1 heterocycles. The largest absolute Gasteiger partial charge is 0.465 e. The first-order valence-corrected chi connectivity index (χ1v) is 8.99. The van der Waals surface area contributed by atoms with Crippen molar-refractivity contribution in [2.24, 2.45) is 5.16 Å². The molecule has 0 radical (unpaired) electrons. The smallest absolute Gasteiger partial charge is 0.417 e. The summed E-state index contributed by atoms with van der Waals surface area (Å²) in [5, 5.41) is 12.4. The summed E-state index contributed by atoms with van der Waals surface area (Å²) in [4.78, 5) is 17.0. The van der Waals surface area contributed by atoms with Gasteiger partial charge in [0.05, 0.1) is 23.8 Å². The number of oxime groups is 1. The summed E-state index contributed by atoms with van der Waals surface area (Å²) in [6.45, 7) is 1.02. The number of rotatable bonds is 7. The van der Waals surface area contributed by atoms with Crippen molar-refractivity contribution in [3.63, 3.8) is 0 Å². The highest BCUT2D eigenvalue weighted by molar-refractivity contribution is 5.65. The Labute approximate surface area is 168 Å². The van der Waals surface area contributed by atoms with Crippen LogP contribution in [-0.2, 0) is 28.3 Å². The van der Waals surface area contributed by atoms with Gasteiger partial charge in [-0.3, -0.25) is 0 Å². The lowest BCUT2D eigenvalue weighted by Crippen LogP contribution is -2.40. The number of halogens is 6. The maximum absolute atomic E-state index is 12.9. The second kappa shape index (κ2) is 10.0. The molecule has 12 heteroatoms. The quantitative estimate of drug-likeness (QED) is 0.294. The molecular weight excluding hydrogens is 422 g/mol. The second-order valence-electron chi connectivity index (χ2n) is 6.54. The third-order valence-corrected chi connectivity index (χ3v) is 4.41. The highest BCUT2D eigenvalue weighted by Gasteiger charge is 2.42. The lowest BCUT2D eigenvalue weighted by atomic mass is 10.0. The van der Waals surface area contributed by atoms with Crippen LogP contribution in [0.15, 0.2) is 23.4 Å². The summed E-state index contributed by atoms with van der Waals surface area (Å²) in [5.41, 5.74) is -3.48. The third kappa shape index (κ3) is 7.08. The highest BCUT2D eigenvalue weighted by atomic mass is 19.4. The number of benzene rings is 1. The zero-order valence-corrected chi connectivity index (χ0v) is 15.7. The highest BCUT2D eigenvalue weighted by Crippen LogP contribution is 2.40. The van der Waals surface area contributed by atoms with Crippen molar-refractivity contribution >= 4 is 12.3 Å². The van der Waals surface area contributed by atoms with E-state index in [0.717, 1.165) is 12.3 Å². The van der Waals surface area contributed by atoms with Crippen LogP contribution in [0, 0.1) is 0 Å². The number of hydrogen-bond acceptors (Lipinski definition) is 4. The van der Waals surface area contributed by atoms with Gasteiger partial charge >= 0.3 is 18.4 Å². The average Bonchev–Trinajstić information content (AvgIpc) is 2.66. The standard InChI is InChI=1S/C18H20F6N2O4/c19-17(20,21)14-2-1-12(11-15(14)18(22,23)24)3-6-25-30-10-9-29-13-4-7-26(8-5-13)16(27)28/h1-2,6,11,13H,3-5,7-10H2,(H,27,28).